The lowest BCUT2D eigenvalue weighted by molar-refractivity contribution is -0.149. The molecule has 13 heteroatoms. The van der Waals surface area contributed by atoms with Gasteiger partial charge in [0, 0.05) is 18.7 Å². The first kappa shape index (κ1) is 28.3. The average molecular weight is 535 g/mol. The van der Waals surface area contributed by atoms with Crippen LogP contribution < -0.4 is 20.9 Å². The topological polar surface area (TPSA) is 158 Å². The van der Waals surface area contributed by atoms with Gasteiger partial charge in [0.25, 0.3) is 5.56 Å². The maximum Gasteiger partial charge on any atom is 0.459 e. The molecule has 1 aromatic carbocycles. The Balaban J connectivity index is 1.81. The normalized spacial score (nSPS) is 23.6. The third kappa shape index (κ3) is 7.39. The molecule has 2 aromatic rings. The lowest BCUT2D eigenvalue weighted by Crippen LogP contribution is -2.40. The van der Waals surface area contributed by atoms with Crippen molar-refractivity contribution in [3.63, 3.8) is 0 Å². The molecule has 5 atom stereocenters. The van der Waals surface area contributed by atoms with Crippen LogP contribution in [-0.2, 0) is 23.4 Å². The molecule has 3 N–H and O–H groups in total. The van der Waals surface area contributed by atoms with Crippen molar-refractivity contribution in [3.8, 4) is 5.75 Å². The molecule has 1 aliphatic rings. The molecule has 5 unspecified atom stereocenters. The zero-order chi connectivity index (χ0) is 27.2. The number of carbonyl (C=O) groups is 1. The molecule has 12 nitrogen and oxygen atoms in total. The second kappa shape index (κ2) is 11.9. The van der Waals surface area contributed by atoms with Crippen LogP contribution >= 0.6 is 7.75 Å². The van der Waals surface area contributed by atoms with Gasteiger partial charge < -0.3 is 19.1 Å². The zero-order valence-corrected chi connectivity index (χ0v) is 21.6. The number of hydrogen-bond donors (Lipinski definition) is 3. The van der Waals surface area contributed by atoms with Crippen molar-refractivity contribution in [2.75, 3.05) is 6.61 Å². The summed E-state index contributed by atoms with van der Waals surface area (Å²) in [4.78, 5) is 38.2. The number of aromatic amines is 1. The van der Waals surface area contributed by atoms with Crippen molar-refractivity contribution < 1.29 is 33.0 Å². The van der Waals surface area contributed by atoms with E-state index in [9.17, 15) is 24.1 Å². The van der Waals surface area contributed by atoms with Crippen LogP contribution in [0, 0.1) is 0 Å². The van der Waals surface area contributed by atoms with Crippen LogP contribution in [0.3, 0.4) is 0 Å². The highest BCUT2D eigenvalue weighted by Crippen LogP contribution is 2.47. The number of para-hydroxylation sites is 1. The number of benzene rings is 1. The van der Waals surface area contributed by atoms with E-state index in [0.717, 1.165) is 10.6 Å². The number of aromatic nitrogens is 2. The predicted octanol–water partition coefficient (Wildman–Crippen LogP) is 2.03. The van der Waals surface area contributed by atoms with Gasteiger partial charge in [-0.3, -0.25) is 23.7 Å². The van der Waals surface area contributed by atoms with E-state index in [1.165, 1.54) is 19.2 Å². The minimum absolute atomic E-state index is 0.0952. The average Bonchev–Trinajstić information content (AvgIpc) is 3.14. The number of esters is 1. The summed E-state index contributed by atoms with van der Waals surface area (Å²) >= 11 is 0. The minimum Gasteiger partial charge on any atom is -0.462 e. The Kier molecular flexibility index (Phi) is 9.09. The summed E-state index contributed by atoms with van der Waals surface area (Å²) in [6, 6.07) is 8.27. The second-order valence-electron chi connectivity index (χ2n) is 8.71. The minimum atomic E-state index is -4.18. The SMILES string of the molecule is C=C=CC1(O)CC(COP(=O)(NC(C)C(=O)OC(C)C)Oc2ccccc2)OC1n1ccc(=O)[nH]c1=O. The Hall–Kier alpha value is -3.24. The Morgan fingerprint density at radius 3 is 2.68 bits per heavy atom. The number of carbonyl (C=O) groups excluding carboxylic acids is 1. The van der Waals surface area contributed by atoms with Crippen LogP contribution in [-0.4, -0.2) is 51.1 Å². The fourth-order valence-electron chi connectivity index (χ4n) is 3.65. The largest absolute Gasteiger partial charge is 0.462 e. The monoisotopic (exact) mass is 535 g/mol. The lowest BCUT2D eigenvalue weighted by Gasteiger charge is -2.25. The van der Waals surface area contributed by atoms with Crippen molar-refractivity contribution in [1.29, 1.82) is 0 Å². The number of aliphatic hydroxyl groups is 1. The lowest BCUT2D eigenvalue weighted by atomic mass is 9.97. The number of nitrogens with one attached hydrogen (secondary N) is 2. The summed E-state index contributed by atoms with van der Waals surface area (Å²) in [5, 5.41) is 13.7. The van der Waals surface area contributed by atoms with Gasteiger partial charge in [0.1, 0.15) is 17.4 Å². The van der Waals surface area contributed by atoms with E-state index in [2.05, 4.69) is 22.4 Å². The second-order valence-corrected chi connectivity index (χ2v) is 10.4. The van der Waals surface area contributed by atoms with Crippen molar-refractivity contribution >= 4 is 13.7 Å². The third-order valence-electron chi connectivity index (χ3n) is 5.22. The fourth-order valence-corrected chi connectivity index (χ4v) is 5.17. The molecule has 2 heterocycles. The van der Waals surface area contributed by atoms with Gasteiger partial charge in [0.05, 0.1) is 18.8 Å². The number of rotatable bonds is 11. The first-order valence-electron chi connectivity index (χ1n) is 11.5. The summed E-state index contributed by atoms with van der Waals surface area (Å²) in [7, 11) is -4.18. The van der Waals surface area contributed by atoms with Crippen LogP contribution in [0.4, 0.5) is 0 Å². The molecule has 37 heavy (non-hydrogen) atoms. The van der Waals surface area contributed by atoms with Crippen LogP contribution in [0.1, 0.15) is 33.4 Å². The number of nitrogens with zero attached hydrogens (tertiary/aromatic N) is 1. The number of ether oxygens (including phenoxy) is 2. The van der Waals surface area contributed by atoms with Gasteiger partial charge >= 0.3 is 19.4 Å². The van der Waals surface area contributed by atoms with E-state index < -0.39 is 48.9 Å². The van der Waals surface area contributed by atoms with E-state index >= 15 is 0 Å². The molecule has 0 spiro atoms. The van der Waals surface area contributed by atoms with Crippen molar-refractivity contribution in [2.24, 2.45) is 0 Å². The zero-order valence-electron chi connectivity index (χ0n) is 20.7. The molecule has 0 amide bonds. The molecule has 0 bridgehead atoms. The standard InChI is InChI=1S/C24H30N3O9P/c1-5-12-24(31)14-19(35-22(24)27-13-11-20(28)25-23(27)30)15-33-37(32,36-18-9-7-6-8-10-18)26-17(4)21(29)34-16(2)3/h6-13,16-17,19,22,31H,1,14-15H2,2-4H3,(H,26,32)(H,25,28,30). The Bertz CT molecular complexity index is 1300. The van der Waals surface area contributed by atoms with E-state index in [4.69, 9.17) is 18.5 Å². The molecule has 0 aliphatic carbocycles. The van der Waals surface area contributed by atoms with Crippen LogP contribution in [0.15, 0.2) is 70.6 Å². The first-order valence-corrected chi connectivity index (χ1v) is 13.0. The molecule has 0 saturated carbocycles. The van der Waals surface area contributed by atoms with Gasteiger partial charge in [-0.25, -0.2) is 9.36 Å². The maximum absolute atomic E-state index is 13.7. The Morgan fingerprint density at radius 1 is 1.35 bits per heavy atom. The van der Waals surface area contributed by atoms with Gasteiger partial charge in [-0.2, -0.15) is 5.09 Å². The molecule has 0 radical (unpaired) electrons. The van der Waals surface area contributed by atoms with Gasteiger partial charge in [0.2, 0.25) is 0 Å². The predicted molar refractivity (Wildman–Crippen MR) is 133 cm³/mol. The van der Waals surface area contributed by atoms with Crippen molar-refractivity contribution in [1.82, 2.24) is 14.6 Å². The van der Waals surface area contributed by atoms with Crippen LogP contribution in [0.25, 0.3) is 0 Å². The quantitative estimate of drug-likeness (QED) is 0.221. The van der Waals surface area contributed by atoms with Gasteiger partial charge in [-0.15, -0.1) is 5.73 Å². The van der Waals surface area contributed by atoms with Gasteiger partial charge in [-0.1, -0.05) is 24.8 Å². The van der Waals surface area contributed by atoms with E-state index in [1.54, 1.807) is 44.2 Å². The summed E-state index contributed by atoms with van der Waals surface area (Å²) < 4.78 is 36.9. The molecular formula is C24H30N3O9P. The highest BCUT2D eigenvalue weighted by Gasteiger charge is 2.48. The van der Waals surface area contributed by atoms with Crippen molar-refractivity contribution in [3.05, 3.63) is 81.8 Å². The Labute approximate surface area is 213 Å². The highest BCUT2D eigenvalue weighted by molar-refractivity contribution is 7.52. The van der Waals surface area contributed by atoms with E-state index in [1.807, 2.05) is 0 Å². The third-order valence-corrected chi connectivity index (χ3v) is 6.86. The summed E-state index contributed by atoms with van der Waals surface area (Å²) in [6.07, 6.45) is -0.209. The fraction of sp³-hybridized carbons (Fsp3) is 0.417. The molecule has 1 aromatic heterocycles. The number of hydrogen-bond acceptors (Lipinski definition) is 9. The summed E-state index contributed by atoms with van der Waals surface area (Å²) in [5.41, 5.74) is -0.675. The smallest absolute Gasteiger partial charge is 0.459 e. The molecule has 200 valence electrons. The Morgan fingerprint density at radius 2 is 2.05 bits per heavy atom. The highest BCUT2D eigenvalue weighted by atomic mass is 31.2. The molecular weight excluding hydrogens is 505 g/mol. The van der Waals surface area contributed by atoms with Crippen LogP contribution in [0.2, 0.25) is 0 Å². The van der Waals surface area contributed by atoms with Gasteiger partial charge in [-0.05, 0) is 39.0 Å². The summed E-state index contributed by atoms with van der Waals surface area (Å²) in [6.45, 7) is 7.93. The van der Waals surface area contributed by atoms with Gasteiger partial charge in [0.15, 0.2) is 6.23 Å². The molecule has 1 aliphatic heterocycles. The molecule has 3 rings (SSSR count). The molecule has 1 fully saturated rings. The first-order chi connectivity index (χ1) is 17.4. The molecule has 1 saturated heterocycles. The van der Waals surface area contributed by atoms with Crippen molar-refractivity contribution in [2.45, 2.75) is 57.3 Å². The summed E-state index contributed by atoms with van der Waals surface area (Å²) in [5.74, 6) is -0.436. The van der Waals surface area contributed by atoms with Crippen LogP contribution in [0.5, 0.6) is 5.75 Å². The van der Waals surface area contributed by atoms with E-state index in [-0.39, 0.29) is 24.9 Å². The maximum atomic E-state index is 13.7. The van der Waals surface area contributed by atoms with E-state index in [0.29, 0.717) is 0 Å². The number of H-pyrrole nitrogens is 1.